The lowest BCUT2D eigenvalue weighted by molar-refractivity contribution is -0.433. The number of rotatable bonds is 6. The van der Waals surface area contributed by atoms with Crippen LogP contribution >= 0.6 is 0 Å². The average molecular weight is 428 g/mol. The number of benzene rings is 1. The Hall–Kier alpha value is -2.15. The minimum atomic E-state index is -6.31. The fraction of sp³-hybridized carbons (Fsp3) is 0.467. The molecule has 0 aromatic heterocycles. The average Bonchev–Trinajstić information content (AvgIpc) is 2.50. The molecule has 1 rings (SSSR count). The Balaban J connectivity index is 3.26. The first kappa shape index (κ1) is 23.9. The minimum Gasteiger partial charge on any atom is -0.490 e. The molecule has 1 aromatic carbocycles. The molecule has 0 aliphatic rings. The van der Waals surface area contributed by atoms with E-state index < -0.39 is 53.6 Å². The van der Waals surface area contributed by atoms with Crippen molar-refractivity contribution < 1.29 is 59.2 Å². The van der Waals surface area contributed by atoms with Crippen molar-refractivity contribution in [3.8, 4) is 11.5 Å². The lowest BCUT2D eigenvalue weighted by atomic mass is 10.1. The molecule has 2 N–H and O–H groups in total. The van der Waals surface area contributed by atoms with E-state index in [0.29, 0.717) is 13.0 Å². The number of aliphatic hydroxyl groups is 2. The maximum Gasteiger partial charge on any atom is 0.465 e. The van der Waals surface area contributed by atoms with Gasteiger partial charge in [0, 0.05) is 11.6 Å². The van der Waals surface area contributed by atoms with Crippen LogP contribution < -0.4 is 9.47 Å². The highest BCUT2D eigenvalue weighted by Crippen LogP contribution is 2.45. The van der Waals surface area contributed by atoms with Crippen LogP contribution in [0.2, 0.25) is 0 Å². The third-order valence-corrected chi connectivity index (χ3v) is 3.36. The van der Waals surface area contributed by atoms with E-state index in [9.17, 15) is 44.6 Å². The van der Waals surface area contributed by atoms with E-state index in [1.165, 1.54) is 0 Å². The second-order valence-electron chi connectivity index (χ2n) is 5.71. The quantitative estimate of drug-likeness (QED) is 0.527. The zero-order valence-corrected chi connectivity index (χ0v) is 13.8. The molecule has 0 aliphatic carbocycles. The predicted molar refractivity (Wildman–Crippen MR) is 76.4 cm³/mol. The molecule has 160 valence electrons. The first-order valence-electron chi connectivity index (χ1n) is 7.09. The van der Waals surface area contributed by atoms with Crippen molar-refractivity contribution >= 4 is 6.08 Å². The van der Waals surface area contributed by atoms with Gasteiger partial charge in [0.25, 0.3) is 0 Å². The number of hydrogen-bond acceptors (Lipinski definition) is 4. The van der Waals surface area contributed by atoms with Gasteiger partial charge in [-0.3, -0.25) is 0 Å². The van der Waals surface area contributed by atoms with Crippen molar-refractivity contribution in [2.24, 2.45) is 0 Å². The summed E-state index contributed by atoms with van der Waals surface area (Å²) in [6.07, 6.45) is -17.0. The van der Waals surface area contributed by atoms with Gasteiger partial charge in [0.2, 0.25) is 0 Å². The van der Waals surface area contributed by atoms with Gasteiger partial charge in [-0.15, -0.1) is 0 Å². The third-order valence-electron chi connectivity index (χ3n) is 3.36. The maximum atomic E-state index is 12.7. The van der Waals surface area contributed by atoms with Gasteiger partial charge >= 0.3 is 24.3 Å². The highest BCUT2D eigenvalue weighted by atomic mass is 19.4. The summed E-state index contributed by atoms with van der Waals surface area (Å²) in [5.74, 6) is -7.50. The van der Waals surface area contributed by atoms with Gasteiger partial charge in [-0.2, -0.15) is 39.5 Å². The highest BCUT2D eigenvalue weighted by Gasteiger charge is 2.74. The molecule has 1 atom stereocenters. The number of halogens is 9. The molecule has 0 fully saturated rings. The molecule has 0 heterocycles. The zero-order chi connectivity index (χ0) is 22.2. The topological polar surface area (TPSA) is 58.9 Å². The summed E-state index contributed by atoms with van der Waals surface area (Å²) in [5.41, 5.74) is -3.81. The van der Waals surface area contributed by atoms with Gasteiger partial charge in [0.15, 0.2) is 5.60 Å². The van der Waals surface area contributed by atoms with Crippen molar-refractivity contribution in [2.75, 3.05) is 6.61 Å². The predicted octanol–water partition coefficient (Wildman–Crippen LogP) is 4.21. The molecule has 0 saturated heterocycles. The van der Waals surface area contributed by atoms with Crippen LogP contribution in [0.25, 0.3) is 6.08 Å². The van der Waals surface area contributed by atoms with Gasteiger partial charge in [-0.25, -0.2) is 0 Å². The molecular weight excluding hydrogens is 415 g/mol. The monoisotopic (exact) mass is 428 g/mol. The van der Waals surface area contributed by atoms with Crippen molar-refractivity contribution in [3.05, 3.63) is 30.3 Å². The van der Waals surface area contributed by atoms with Crippen LogP contribution in [0.4, 0.5) is 39.5 Å². The first-order chi connectivity index (χ1) is 12.4. The van der Waals surface area contributed by atoms with Crippen molar-refractivity contribution in [3.63, 3.8) is 0 Å². The summed E-state index contributed by atoms with van der Waals surface area (Å²) in [5, 5.41) is 18.3. The van der Waals surface area contributed by atoms with E-state index in [1.54, 1.807) is 0 Å². The summed E-state index contributed by atoms with van der Waals surface area (Å²) in [6, 6.07) is 2.09. The van der Waals surface area contributed by atoms with Crippen LogP contribution in [0.3, 0.4) is 0 Å². The SMILES string of the molecule is C=Cc1ccc(OCC(C)(O)C(F)(F)F)cc1OC(O)(C(F)(F)F)C(F)(F)F. The molecule has 1 unspecified atom stereocenters. The van der Waals surface area contributed by atoms with Crippen LogP contribution in [0.1, 0.15) is 12.5 Å². The zero-order valence-electron chi connectivity index (χ0n) is 13.8. The van der Waals surface area contributed by atoms with E-state index in [0.717, 1.165) is 18.2 Å². The number of hydrogen-bond donors (Lipinski definition) is 2. The van der Waals surface area contributed by atoms with Crippen LogP contribution in [-0.2, 0) is 0 Å². The Kier molecular flexibility index (Phi) is 6.27. The molecule has 0 spiro atoms. The maximum absolute atomic E-state index is 12.7. The summed E-state index contributed by atoms with van der Waals surface area (Å²) < 4.78 is 123. The molecule has 0 aliphatic heterocycles. The molecule has 0 radical (unpaired) electrons. The molecule has 4 nitrogen and oxygen atoms in total. The Labute approximate surface area is 151 Å². The Morgan fingerprint density at radius 2 is 1.43 bits per heavy atom. The molecule has 0 amide bonds. The number of alkyl halides is 9. The van der Waals surface area contributed by atoms with Crippen LogP contribution in [0.15, 0.2) is 24.8 Å². The van der Waals surface area contributed by atoms with Crippen LogP contribution in [0.5, 0.6) is 11.5 Å². The Morgan fingerprint density at radius 1 is 0.929 bits per heavy atom. The second kappa shape index (κ2) is 7.35. The summed E-state index contributed by atoms with van der Waals surface area (Å²) in [7, 11) is 0. The van der Waals surface area contributed by atoms with E-state index in [2.05, 4.69) is 16.1 Å². The third kappa shape index (κ3) is 4.82. The first-order valence-corrected chi connectivity index (χ1v) is 7.09. The van der Waals surface area contributed by atoms with Gasteiger partial charge in [-0.1, -0.05) is 12.7 Å². The standard InChI is InChI=1S/C15H13F9O4/c1-3-8-4-5-9(27-7-11(2,25)13(16,17)18)6-10(8)28-12(26,14(19,20)21)15(22,23)24/h3-6,25-26H,1,7H2,2H3. The lowest BCUT2D eigenvalue weighted by Crippen LogP contribution is -2.61. The highest BCUT2D eigenvalue weighted by molar-refractivity contribution is 5.58. The second-order valence-corrected chi connectivity index (χ2v) is 5.71. The van der Waals surface area contributed by atoms with Gasteiger partial charge in [0.1, 0.15) is 18.1 Å². The van der Waals surface area contributed by atoms with E-state index in [4.69, 9.17) is 5.11 Å². The fourth-order valence-electron chi connectivity index (χ4n) is 1.60. The summed E-state index contributed by atoms with van der Waals surface area (Å²) >= 11 is 0. The number of ether oxygens (including phenoxy) is 2. The van der Waals surface area contributed by atoms with Crippen LogP contribution in [0, 0.1) is 0 Å². The van der Waals surface area contributed by atoms with Gasteiger partial charge in [-0.05, 0) is 19.1 Å². The molecular formula is C15H13F9O4. The molecule has 0 saturated carbocycles. The lowest BCUT2D eigenvalue weighted by Gasteiger charge is -2.32. The molecule has 28 heavy (non-hydrogen) atoms. The van der Waals surface area contributed by atoms with Crippen molar-refractivity contribution in [2.45, 2.75) is 36.8 Å². The van der Waals surface area contributed by atoms with Crippen LogP contribution in [-0.4, -0.2) is 46.7 Å². The summed E-state index contributed by atoms with van der Waals surface area (Å²) in [4.78, 5) is 0. The smallest absolute Gasteiger partial charge is 0.465 e. The minimum absolute atomic E-state index is 0.342. The molecule has 13 heteroatoms. The van der Waals surface area contributed by atoms with E-state index in [-0.39, 0.29) is 0 Å². The van der Waals surface area contributed by atoms with E-state index in [1.807, 2.05) is 0 Å². The fourth-order valence-corrected chi connectivity index (χ4v) is 1.60. The summed E-state index contributed by atoms with van der Waals surface area (Å²) in [6.45, 7) is 2.06. The van der Waals surface area contributed by atoms with Gasteiger partial charge in [0.05, 0.1) is 0 Å². The van der Waals surface area contributed by atoms with E-state index >= 15 is 0 Å². The normalized spacial score (nSPS) is 15.7. The molecule has 1 aromatic rings. The Bertz CT molecular complexity index is 691. The largest absolute Gasteiger partial charge is 0.490 e. The van der Waals surface area contributed by atoms with Gasteiger partial charge < -0.3 is 19.7 Å². The Morgan fingerprint density at radius 3 is 1.82 bits per heavy atom. The molecule has 0 bridgehead atoms. The van der Waals surface area contributed by atoms with Crippen molar-refractivity contribution in [1.82, 2.24) is 0 Å². The van der Waals surface area contributed by atoms with Crippen molar-refractivity contribution in [1.29, 1.82) is 0 Å².